The van der Waals surface area contributed by atoms with Crippen molar-refractivity contribution >= 4 is 32.4 Å². The lowest BCUT2D eigenvalue weighted by molar-refractivity contribution is 0.524. The lowest BCUT2D eigenvalue weighted by Gasteiger charge is -2.04. The van der Waals surface area contributed by atoms with Gasteiger partial charge in [0, 0.05) is 17.5 Å². The number of sulfone groups is 1. The van der Waals surface area contributed by atoms with E-state index in [0.717, 1.165) is 26.0 Å². The molecule has 5 heteroatoms. The van der Waals surface area contributed by atoms with Crippen molar-refractivity contribution in [1.29, 1.82) is 0 Å². The Morgan fingerprint density at radius 2 is 1.24 bits per heavy atom. The van der Waals surface area contributed by atoms with Crippen molar-refractivity contribution in [1.82, 2.24) is 0 Å². The maximum atomic E-state index is 12.7. The van der Waals surface area contributed by atoms with Gasteiger partial charge in [0.25, 0.3) is 0 Å². The van der Waals surface area contributed by atoms with Crippen LogP contribution in [0, 0.1) is 3.57 Å². The summed E-state index contributed by atoms with van der Waals surface area (Å²) in [5, 5.41) is 0. The van der Waals surface area contributed by atoms with E-state index in [9.17, 15) is 8.42 Å². The first-order valence-corrected chi connectivity index (χ1v) is 12.0. The molecule has 0 amide bonds. The minimum Gasteiger partial charge on any atom is -0.459 e. The summed E-state index contributed by atoms with van der Waals surface area (Å²) in [6.45, 7) is 0. The SMILES string of the molecule is O=S(=O)(CCc1oc(-c2ccccc2)c(-c2ccccc2)c1I)c1ccccc1. The van der Waals surface area contributed by atoms with Crippen LogP contribution in [-0.4, -0.2) is 14.2 Å². The summed E-state index contributed by atoms with van der Waals surface area (Å²) in [5.41, 5.74) is 3.03. The Morgan fingerprint density at radius 1 is 0.724 bits per heavy atom. The Balaban J connectivity index is 1.73. The zero-order chi connectivity index (χ0) is 20.3. The predicted molar refractivity (Wildman–Crippen MR) is 124 cm³/mol. The van der Waals surface area contributed by atoms with Crippen LogP contribution in [0.25, 0.3) is 22.5 Å². The van der Waals surface area contributed by atoms with Crippen LogP contribution in [0.3, 0.4) is 0 Å². The first-order valence-electron chi connectivity index (χ1n) is 9.26. The summed E-state index contributed by atoms with van der Waals surface area (Å²) in [6.07, 6.45) is 0.322. The van der Waals surface area contributed by atoms with E-state index in [-0.39, 0.29) is 5.75 Å². The van der Waals surface area contributed by atoms with Gasteiger partial charge in [-0.25, -0.2) is 8.42 Å². The summed E-state index contributed by atoms with van der Waals surface area (Å²) in [5.74, 6) is 1.47. The molecule has 0 radical (unpaired) electrons. The number of aryl methyl sites for hydroxylation is 1. The zero-order valence-corrected chi connectivity index (χ0v) is 18.6. The fraction of sp³-hybridized carbons (Fsp3) is 0.0833. The number of furan rings is 1. The molecule has 29 heavy (non-hydrogen) atoms. The van der Waals surface area contributed by atoms with E-state index in [1.54, 1.807) is 24.3 Å². The standard InChI is InChI=1S/C24H19IO3S/c25-23-21(16-17-29(26,27)20-14-8-3-9-15-20)28-24(19-12-6-2-7-13-19)22(23)18-10-4-1-5-11-18/h1-15H,16-17H2. The van der Waals surface area contributed by atoms with E-state index in [1.165, 1.54) is 0 Å². The van der Waals surface area contributed by atoms with Crippen LogP contribution in [0.4, 0.5) is 0 Å². The summed E-state index contributed by atoms with van der Waals surface area (Å²) in [6, 6.07) is 28.5. The van der Waals surface area contributed by atoms with Crippen LogP contribution in [0.2, 0.25) is 0 Å². The van der Waals surface area contributed by atoms with E-state index >= 15 is 0 Å². The minimum atomic E-state index is -3.37. The Labute approximate surface area is 184 Å². The number of halogens is 1. The van der Waals surface area contributed by atoms with Gasteiger partial charge in [-0.1, -0.05) is 78.9 Å². The molecule has 0 N–H and O–H groups in total. The van der Waals surface area contributed by atoms with Crippen LogP contribution in [0.5, 0.6) is 0 Å². The van der Waals surface area contributed by atoms with Crippen molar-refractivity contribution in [2.24, 2.45) is 0 Å². The van der Waals surface area contributed by atoms with E-state index in [4.69, 9.17) is 4.42 Å². The fourth-order valence-electron chi connectivity index (χ4n) is 3.25. The largest absolute Gasteiger partial charge is 0.459 e. The Kier molecular flexibility index (Phi) is 5.87. The smallest absolute Gasteiger partial charge is 0.178 e. The molecule has 3 nitrogen and oxygen atoms in total. The fourth-order valence-corrected chi connectivity index (χ4v) is 5.44. The topological polar surface area (TPSA) is 47.3 Å². The molecule has 4 aromatic rings. The van der Waals surface area contributed by atoms with Crippen molar-refractivity contribution in [2.75, 3.05) is 5.75 Å². The van der Waals surface area contributed by atoms with Gasteiger partial charge in [0.1, 0.15) is 11.5 Å². The molecule has 3 aromatic carbocycles. The molecule has 0 unspecified atom stereocenters. The minimum absolute atomic E-state index is 0.00296. The van der Waals surface area contributed by atoms with E-state index in [1.807, 2.05) is 66.7 Å². The van der Waals surface area contributed by atoms with Gasteiger partial charge in [-0.3, -0.25) is 0 Å². The third-order valence-electron chi connectivity index (χ3n) is 4.72. The summed E-state index contributed by atoms with van der Waals surface area (Å²) < 4.78 is 32.6. The summed E-state index contributed by atoms with van der Waals surface area (Å²) in [7, 11) is -3.37. The normalized spacial score (nSPS) is 11.5. The van der Waals surface area contributed by atoms with Crippen LogP contribution in [0.1, 0.15) is 5.76 Å². The molecule has 0 aliphatic rings. The lowest BCUT2D eigenvalue weighted by Crippen LogP contribution is -2.09. The predicted octanol–water partition coefficient (Wildman–Crippen LogP) is 6.23. The Hall–Kier alpha value is -2.38. The van der Waals surface area contributed by atoms with Gasteiger partial charge in [0.15, 0.2) is 9.84 Å². The van der Waals surface area contributed by atoms with Gasteiger partial charge in [-0.2, -0.15) is 0 Å². The van der Waals surface area contributed by atoms with Crippen LogP contribution in [0.15, 0.2) is 100 Å². The molecule has 4 rings (SSSR count). The highest BCUT2D eigenvalue weighted by Crippen LogP contribution is 2.40. The molecule has 1 aromatic heterocycles. The highest BCUT2D eigenvalue weighted by atomic mass is 127. The molecule has 0 saturated heterocycles. The van der Waals surface area contributed by atoms with Crippen molar-refractivity contribution in [3.05, 3.63) is 100 Å². The van der Waals surface area contributed by atoms with Gasteiger partial charge in [0.2, 0.25) is 0 Å². The first-order chi connectivity index (χ1) is 14.1. The van der Waals surface area contributed by atoms with Crippen LogP contribution >= 0.6 is 22.6 Å². The van der Waals surface area contributed by atoms with E-state index in [2.05, 4.69) is 22.6 Å². The summed E-state index contributed by atoms with van der Waals surface area (Å²) >= 11 is 2.27. The molecular weight excluding hydrogens is 495 g/mol. The molecule has 0 aliphatic carbocycles. The molecule has 0 saturated carbocycles. The van der Waals surface area contributed by atoms with Crippen LogP contribution < -0.4 is 0 Å². The number of hydrogen-bond acceptors (Lipinski definition) is 3. The quantitative estimate of drug-likeness (QED) is 0.287. The first kappa shape index (κ1) is 19.9. The highest BCUT2D eigenvalue weighted by Gasteiger charge is 2.23. The monoisotopic (exact) mass is 514 g/mol. The van der Waals surface area contributed by atoms with Crippen LogP contribution in [-0.2, 0) is 16.3 Å². The summed E-state index contributed by atoms with van der Waals surface area (Å²) in [4.78, 5) is 0.341. The van der Waals surface area contributed by atoms with Crippen molar-refractivity contribution in [3.63, 3.8) is 0 Å². The molecular formula is C24H19IO3S. The molecule has 0 fully saturated rings. The molecule has 0 atom stereocenters. The maximum Gasteiger partial charge on any atom is 0.178 e. The van der Waals surface area contributed by atoms with Gasteiger partial charge in [-0.15, -0.1) is 0 Å². The molecule has 0 bridgehead atoms. The van der Waals surface area contributed by atoms with Gasteiger partial charge in [0.05, 0.1) is 14.2 Å². The number of rotatable bonds is 6. The van der Waals surface area contributed by atoms with Crippen molar-refractivity contribution in [2.45, 2.75) is 11.3 Å². The molecule has 1 heterocycles. The van der Waals surface area contributed by atoms with Gasteiger partial charge < -0.3 is 4.42 Å². The van der Waals surface area contributed by atoms with E-state index in [0.29, 0.717) is 17.1 Å². The molecule has 146 valence electrons. The van der Waals surface area contributed by atoms with E-state index < -0.39 is 9.84 Å². The van der Waals surface area contributed by atoms with Gasteiger partial charge in [-0.05, 0) is 40.3 Å². The third kappa shape index (κ3) is 4.31. The average molecular weight is 514 g/mol. The lowest BCUT2D eigenvalue weighted by atomic mass is 10.0. The van der Waals surface area contributed by atoms with Crippen molar-refractivity contribution < 1.29 is 12.8 Å². The Bertz CT molecular complexity index is 1200. The number of benzene rings is 3. The molecule has 0 aliphatic heterocycles. The second kappa shape index (κ2) is 8.55. The maximum absolute atomic E-state index is 12.7. The number of hydrogen-bond donors (Lipinski definition) is 0. The second-order valence-corrected chi connectivity index (χ2v) is 9.85. The third-order valence-corrected chi connectivity index (χ3v) is 7.59. The second-order valence-electron chi connectivity index (χ2n) is 6.66. The molecule has 0 spiro atoms. The van der Waals surface area contributed by atoms with Gasteiger partial charge >= 0.3 is 0 Å². The Morgan fingerprint density at radius 3 is 1.83 bits per heavy atom. The zero-order valence-electron chi connectivity index (χ0n) is 15.6. The van der Waals surface area contributed by atoms with Crippen molar-refractivity contribution in [3.8, 4) is 22.5 Å². The average Bonchev–Trinajstić information content (AvgIpc) is 3.10. The highest BCUT2D eigenvalue weighted by molar-refractivity contribution is 14.1.